The molecule has 5 nitrogen and oxygen atoms in total. The molecule has 1 saturated heterocycles. The summed E-state index contributed by atoms with van der Waals surface area (Å²) in [5.74, 6) is 0.0789. The Kier molecular flexibility index (Phi) is 5.07. The van der Waals surface area contributed by atoms with Crippen LogP contribution in [-0.4, -0.2) is 36.4 Å². The molecule has 2 amide bonds. The average Bonchev–Trinajstić information content (AvgIpc) is 2.49. The highest BCUT2D eigenvalue weighted by molar-refractivity contribution is 6.32. The second-order valence-corrected chi connectivity index (χ2v) is 5.45. The Hall–Kier alpha value is -1.75. The van der Waals surface area contributed by atoms with E-state index in [-0.39, 0.29) is 17.7 Å². The zero-order valence-electron chi connectivity index (χ0n) is 12.0. The van der Waals surface area contributed by atoms with Crippen LogP contribution in [0.15, 0.2) is 18.2 Å². The molecule has 1 aromatic rings. The van der Waals surface area contributed by atoms with Gasteiger partial charge in [0.15, 0.2) is 0 Å². The zero-order valence-corrected chi connectivity index (χ0v) is 12.7. The summed E-state index contributed by atoms with van der Waals surface area (Å²) >= 11 is 6.10. The van der Waals surface area contributed by atoms with E-state index < -0.39 is 0 Å². The molecule has 1 heterocycles. The molecule has 0 radical (unpaired) electrons. The van der Waals surface area contributed by atoms with Crippen molar-refractivity contribution in [2.75, 3.05) is 19.7 Å². The summed E-state index contributed by atoms with van der Waals surface area (Å²) in [6.45, 7) is 3.47. The van der Waals surface area contributed by atoms with Gasteiger partial charge >= 0.3 is 0 Å². The first-order valence-corrected chi connectivity index (χ1v) is 7.41. The Morgan fingerprint density at radius 2 is 2.05 bits per heavy atom. The van der Waals surface area contributed by atoms with Gasteiger partial charge in [-0.05, 0) is 38.0 Å². The highest BCUT2D eigenvalue weighted by atomic mass is 35.5. The fourth-order valence-electron chi connectivity index (χ4n) is 2.46. The molecule has 21 heavy (non-hydrogen) atoms. The minimum atomic E-state index is -0.286. The Morgan fingerprint density at radius 1 is 1.38 bits per heavy atom. The quantitative estimate of drug-likeness (QED) is 0.925. The third-order valence-electron chi connectivity index (χ3n) is 3.66. The molecule has 0 saturated carbocycles. The first kappa shape index (κ1) is 15.6. The van der Waals surface area contributed by atoms with E-state index in [0.29, 0.717) is 48.9 Å². The lowest BCUT2D eigenvalue weighted by Gasteiger charge is -2.30. The van der Waals surface area contributed by atoms with E-state index in [1.165, 1.54) is 0 Å². The zero-order chi connectivity index (χ0) is 15.4. The lowest BCUT2D eigenvalue weighted by Crippen LogP contribution is -2.41. The van der Waals surface area contributed by atoms with Crippen LogP contribution in [0.5, 0.6) is 5.75 Å². The number of hydrogen-bond donors (Lipinski definition) is 1. The van der Waals surface area contributed by atoms with Gasteiger partial charge in [0, 0.05) is 24.6 Å². The van der Waals surface area contributed by atoms with Crippen LogP contribution in [-0.2, 0) is 4.79 Å². The molecular weight excluding hydrogens is 292 g/mol. The fourth-order valence-corrected chi connectivity index (χ4v) is 2.69. The maximum atomic E-state index is 12.4. The number of amides is 2. The summed E-state index contributed by atoms with van der Waals surface area (Å²) in [4.78, 5) is 25.3. The number of ether oxygens (including phenoxy) is 1. The number of nitrogens with zero attached hydrogens (tertiary/aromatic N) is 1. The van der Waals surface area contributed by atoms with E-state index in [2.05, 4.69) is 0 Å². The normalized spacial score (nSPS) is 15.8. The largest absolute Gasteiger partial charge is 0.492 e. The summed E-state index contributed by atoms with van der Waals surface area (Å²) in [5.41, 5.74) is 5.82. The van der Waals surface area contributed by atoms with Gasteiger partial charge in [-0.25, -0.2) is 0 Å². The van der Waals surface area contributed by atoms with Crippen molar-refractivity contribution < 1.29 is 14.3 Å². The second-order valence-electron chi connectivity index (χ2n) is 5.05. The van der Waals surface area contributed by atoms with Crippen LogP contribution in [0.25, 0.3) is 0 Å². The number of primary amides is 1. The monoisotopic (exact) mass is 310 g/mol. The SMILES string of the molecule is CCOc1ccc(C(=O)N2CCC(C(N)=O)CC2)cc1Cl. The molecule has 6 heteroatoms. The minimum Gasteiger partial charge on any atom is -0.492 e. The van der Waals surface area contributed by atoms with Crippen LogP contribution in [0.2, 0.25) is 5.02 Å². The van der Waals surface area contributed by atoms with Crippen LogP contribution in [0.3, 0.4) is 0 Å². The molecule has 2 N–H and O–H groups in total. The first-order valence-electron chi connectivity index (χ1n) is 7.04. The predicted molar refractivity (Wildman–Crippen MR) is 80.4 cm³/mol. The van der Waals surface area contributed by atoms with Crippen LogP contribution in [0.1, 0.15) is 30.1 Å². The van der Waals surface area contributed by atoms with Crippen molar-refractivity contribution in [3.05, 3.63) is 28.8 Å². The number of nitrogens with two attached hydrogens (primary N) is 1. The Labute approximate surface area is 129 Å². The topological polar surface area (TPSA) is 72.6 Å². The summed E-state index contributed by atoms with van der Waals surface area (Å²) < 4.78 is 5.35. The molecule has 1 aromatic carbocycles. The van der Waals surface area contributed by atoms with E-state index in [1.54, 1.807) is 23.1 Å². The van der Waals surface area contributed by atoms with Crippen LogP contribution in [0.4, 0.5) is 0 Å². The number of hydrogen-bond acceptors (Lipinski definition) is 3. The van der Waals surface area contributed by atoms with Crippen molar-refractivity contribution in [2.45, 2.75) is 19.8 Å². The molecule has 0 bridgehead atoms. The molecule has 0 atom stereocenters. The molecule has 114 valence electrons. The van der Waals surface area contributed by atoms with Crippen molar-refractivity contribution >= 4 is 23.4 Å². The molecule has 1 aliphatic heterocycles. The average molecular weight is 311 g/mol. The van der Waals surface area contributed by atoms with Crippen LogP contribution >= 0.6 is 11.6 Å². The van der Waals surface area contributed by atoms with Gasteiger partial charge < -0.3 is 15.4 Å². The molecule has 0 spiro atoms. The smallest absolute Gasteiger partial charge is 0.253 e. The Balaban J connectivity index is 2.04. The standard InChI is InChI=1S/C15H19ClN2O3/c1-2-21-13-4-3-11(9-12(13)16)15(20)18-7-5-10(6-8-18)14(17)19/h3-4,9-10H,2,5-8H2,1H3,(H2,17,19). The van der Waals surface area contributed by atoms with Gasteiger partial charge in [-0.2, -0.15) is 0 Å². The van der Waals surface area contributed by atoms with E-state index in [4.69, 9.17) is 22.1 Å². The van der Waals surface area contributed by atoms with Gasteiger partial charge in [0.1, 0.15) is 5.75 Å². The molecule has 2 rings (SSSR count). The summed E-state index contributed by atoms with van der Waals surface area (Å²) in [5, 5.41) is 0.426. The second kappa shape index (κ2) is 6.80. The lowest BCUT2D eigenvalue weighted by molar-refractivity contribution is -0.123. The van der Waals surface area contributed by atoms with Gasteiger partial charge in [0.05, 0.1) is 11.6 Å². The van der Waals surface area contributed by atoms with E-state index in [0.717, 1.165) is 0 Å². The Bertz CT molecular complexity index is 540. The number of carbonyl (C=O) groups excluding carboxylic acids is 2. The third-order valence-corrected chi connectivity index (χ3v) is 3.96. The maximum Gasteiger partial charge on any atom is 0.253 e. The predicted octanol–water partition coefficient (Wildman–Crippen LogP) is 2.08. The van der Waals surface area contributed by atoms with Crippen molar-refractivity contribution in [2.24, 2.45) is 11.7 Å². The molecule has 0 unspecified atom stereocenters. The van der Waals surface area contributed by atoms with E-state index in [1.807, 2.05) is 6.92 Å². The fraction of sp³-hybridized carbons (Fsp3) is 0.467. The molecule has 0 aliphatic carbocycles. The number of benzene rings is 1. The highest BCUT2D eigenvalue weighted by Crippen LogP contribution is 2.27. The van der Waals surface area contributed by atoms with Crippen molar-refractivity contribution in [3.8, 4) is 5.75 Å². The van der Waals surface area contributed by atoms with Crippen molar-refractivity contribution in [1.82, 2.24) is 4.90 Å². The first-order chi connectivity index (χ1) is 10.0. The van der Waals surface area contributed by atoms with Gasteiger partial charge in [0.2, 0.25) is 5.91 Å². The van der Waals surface area contributed by atoms with Gasteiger partial charge in [-0.1, -0.05) is 11.6 Å². The van der Waals surface area contributed by atoms with Crippen molar-refractivity contribution in [1.29, 1.82) is 0 Å². The van der Waals surface area contributed by atoms with Crippen LogP contribution < -0.4 is 10.5 Å². The molecule has 1 fully saturated rings. The summed E-state index contributed by atoms with van der Waals surface area (Å²) in [6.07, 6.45) is 1.23. The number of halogens is 1. The number of piperidine rings is 1. The van der Waals surface area contributed by atoms with Gasteiger partial charge in [0.25, 0.3) is 5.91 Å². The summed E-state index contributed by atoms with van der Waals surface area (Å²) in [6, 6.07) is 5.03. The maximum absolute atomic E-state index is 12.4. The van der Waals surface area contributed by atoms with Gasteiger partial charge in [-0.15, -0.1) is 0 Å². The summed E-state index contributed by atoms with van der Waals surface area (Å²) in [7, 11) is 0. The minimum absolute atomic E-state index is 0.0807. The van der Waals surface area contributed by atoms with Gasteiger partial charge in [-0.3, -0.25) is 9.59 Å². The molecule has 0 aromatic heterocycles. The van der Waals surface area contributed by atoms with E-state index in [9.17, 15) is 9.59 Å². The van der Waals surface area contributed by atoms with Crippen molar-refractivity contribution in [3.63, 3.8) is 0 Å². The number of carbonyl (C=O) groups is 2. The highest BCUT2D eigenvalue weighted by Gasteiger charge is 2.26. The number of rotatable bonds is 4. The van der Waals surface area contributed by atoms with Crippen LogP contribution in [0, 0.1) is 5.92 Å². The third kappa shape index (κ3) is 3.67. The number of likely N-dealkylation sites (tertiary alicyclic amines) is 1. The van der Waals surface area contributed by atoms with E-state index >= 15 is 0 Å². The Morgan fingerprint density at radius 3 is 2.57 bits per heavy atom. The molecule has 1 aliphatic rings. The lowest BCUT2D eigenvalue weighted by atomic mass is 9.96. The molecular formula is C15H19ClN2O3.